The fourth-order valence-corrected chi connectivity index (χ4v) is 3.68. The number of fused-ring (bicyclic) bond motifs is 1. The van der Waals surface area contributed by atoms with Crippen molar-refractivity contribution in [2.75, 3.05) is 24.5 Å². The summed E-state index contributed by atoms with van der Waals surface area (Å²) >= 11 is 6.08. The third-order valence-corrected chi connectivity index (χ3v) is 5.41. The van der Waals surface area contributed by atoms with E-state index in [4.69, 9.17) is 20.8 Å². The first-order valence-electron chi connectivity index (χ1n) is 9.98. The van der Waals surface area contributed by atoms with E-state index in [2.05, 4.69) is 23.7 Å². The lowest BCUT2D eigenvalue weighted by Crippen LogP contribution is -2.49. The van der Waals surface area contributed by atoms with Crippen LogP contribution in [0, 0.1) is 5.92 Å². The van der Waals surface area contributed by atoms with Gasteiger partial charge in [0.2, 0.25) is 0 Å². The molecule has 28 heavy (non-hydrogen) atoms. The first kappa shape index (κ1) is 20.8. The van der Waals surface area contributed by atoms with Gasteiger partial charge in [-0.05, 0) is 51.3 Å². The van der Waals surface area contributed by atoms with E-state index >= 15 is 0 Å². The maximum absolute atomic E-state index is 12.9. The zero-order chi connectivity index (χ0) is 20.5. The summed E-state index contributed by atoms with van der Waals surface area (Å²) in [6, 6.07) is 6.05. The van der Waals surface area contributed by atoms with Gasteiger partial charge in [0, 0.05) is 24.7 Å². The Morgan fingerprint density at radius 1 is 1.39 bits per heavy atom. The number of amides is 1. The number of carbonyl (C=O) groups excluding carboxylic acids is 1. The van der Waals surface area contributed by atoms with Crippen LogP contribution in [0.4, 0.5) is 10.8 Å². The maximum Gasteiger partial charge on any atom is 0.410 e. The van der Waals surface area contributed by atoms with Crippen LogP contribution in [0.25, 0.3) is 11.1 Å². The smallest absolute Gasteiger partial charge is 0.410 e. The summed E-state index contributed by atoms with van der Waals surface area (Å²) in [6.45, 7) is 12.1. The van der Waals surface area contributed by atoms with Gasteiger partial charge in [-0.25, -0.2) is 4.79 Å². The second-order valence-corrected chi connectivity index (χ2v) is 8.97. The highest BCUT2D eigenvalue weighted by Gasteiger charge is 2.35. The van der Waals surface area contributed by atoms with Crippen molar-refractivity contribution in [2.24, 2.45) is 5.92 Å². The Morgan fingerprint density at radius 2 is 2.14 bits per heavy atom. The van der Waals surface area contributed by atoms with Crippen molar-refractivity contribution in [3.05, 3.63) is 23.2 Å². The minimum atomic E-state index is -0.511. The molecule has 0 unspecified atom stereocenters. The third-order valence-electron chi connectivity index (χ3n) is 5.17. The molecule has 0 radical (unpaired) electrons. The van der Waals surface area contributed by atoms with Crippen LogP contribution in [0.5, 0.6) is 0 Å². The van der Waals surface area contributed by atoms with Gasteiger partial charge in [0.1, 0.15) is 11.1 Å². The number of rotatable bonds is 3. The van der Waals surface area contributed by atoms with Crippen molar-refractivity contribution in [1.29, 1.82) is 0 Å². The topological polar surface area (TPSA) is 58.8 Å². The van der Waals surface area contributed by atoms with Crippen molar-refractivity contribution in [2.45, 2.75) is 59.1 Å². The van der Waals surface area contributed by atoms with E-state index in [0.29, 0.717) is 35.6 Å². The Hall–Kier alpha value is -1.95. The molecular weight excluding hydrogens is 378 g/mol. The molecule has 3 rings (SSSR count). The molecule has 2 atom stereocenters. The molecule has 0 spiro atoms. The van der Waals surface area contributed by atoms with Crippen molar-refractivity contribution in [3.8, 4) is 0 Å². The van der Waals surface area contributed by atoms with E-state index in [9.17, 15) is 4.79 Å². The minimum Gasteiger partial charge on any atom is -0.444 e. The maximum atomic E-state index is 12.9. The number of ether oxygens (including phenoxy) is 1. The van der Waals surface area contributed by atoms with E-state index < -0.39 is 5.60 Å². The second kappa shape index (κ2) is 8.19. The lowest BCUT2D eigenvalue weighted by atomic mass is 9.97. The fraction of sp³-hybridized carbons (Fsp3) is 0.619. The van der Waals surface area contributed by atoms with E-state index in [0.717, 1.165) is 24.9 Å². The second-order valence-electron chi connectivity index (χ2n) is 8.53. The minimum absolute atomic E-state index is 0.0287. The van der Waals surface area contributed by atoms with Crippen LogP contribution in [0.1, 0.15) is 47.5 Å². The summed E-state index contributed by atoms with van der Waals surface area (Å²) in [4.78, 5) is 21.5. The zero-order valence-corrected chi connectivity index (χ0v) is 18.1. The molecule has 6 nitrogen and oxygen atoms in total. The molecule has 7 heteroatoms. The van der Waals surface area contributed by atoms with E-state index in [1.54, 1.807) is 12.1 Å². The fourth-order valence-electron chi connectivity index (χ4n) is 3.52. The predicted molar refractivity (Wildman–Crippen MR) is 112 cm³/mol. The summed E-state index contributed by atoms with van der Waals surface area (Å²) in [7, 11) is 0. The van der Waals surface area contributed by atoms with Gasteiger partial charge >= 0.3 is 6.09 Å². The van der Waals surface area contributed by atoms with Crippen LogP contribution in [0.3, 0.4) is 0 Å². The summed E-state index contributed by atoms with van der Waals surface area (Å²) in [5.74, 6) is 0.326. The first-order chi connectivity index (χ1) is 13.2. The summed E-state index contributed by atoms with van der Waals surface area (Å²) in [6.07, 6.45) is 1.55. The van der Waals surface area contributed by atoms with Gasteiger partial charge in [0.25, 0.3) is 6.01 Å². The van der Waals surface area contributed by atoms with Crippen molar-refractivity contribution in [3.63, 3.8) is 0 Å². The number of hydrogen-bond acceptors (Lipinski definition) is 5. The number of nitrogens with zero attached hydrogens (tertiary/aromatic N) is 3. The largest absolute Gasteiger partial charge is 0.444 e. The molecule has 0 aliphatic carbocycles. The van der Waals surface area contributed by atoms with Crippen molar-refractivity contribution < 1.29 is 13.9 Å². The quantitative estimate of drug-likeness (QED) is 0.686. The molecule has 1 fully saturated rings. The van der Waals surface area contributed by atoms with Crippen LogP contribution >= 0.6 is 11.6 Å². The number of carbonyl (C=O) groups is 1. The van der Waals surface area contributed by atoms with Gasteiger partial charge in [-0.1, -0.05) is 31.9 Å². The van der Waals surface area contributed by atoms with Gasteiger partial charge in [0.05, 0.1) is 6.04 Å². The van der Waals surface area contributed by atoms with Crippen molar-refractivity contribution in [1.82, 2.24) is 9.88 Å². The number of benzene rings is 1. The molecule has 2 aromatic rings. The Bertz CT molecular complexity index is 830. The lowest BCUT2D eigenvalue weighted by molar-refractivity contribution is 0.0124. The Morgan fingerprint density at radius 3 is 2.82 bits per heavy atom. The summed E-state index contributed by atoms with van der Waals surface area (Å²) < 4.78 is 11.7. The number of hydrogen-bond donors (Lipinski definition) is 0. The molecular formula is C21H30ClN3O3. The molecule has 0 N–H and O–H groups in total. The molecule has 0 bridgehead atoms. The van der Waals surface area contributed by atoms with E-state index in [-0.39, 0.29) is 12.1 Å². The SMILES string of the molecule is CC[C@H](C)[C@H]1CN(c2nc3cc(Cl)ccc3o2)CCCN1C(=O)OC(C)(C)C. The number of anilines is 1. The average molecular weight is 408 g/mol. The molecule has 1 saturated heterocycles. The molecule has 1 amide bonds. The molecule has 0 saturated carbocycles. The average Bonchev–Trinajstić information content (AvgIpc) is 2.89. The number of oxazole rings is 1. The standard InChI is InChI=1S/C21H30ClN3O3/c1-6-14(2)17-13-24(10-7-11-25(17)20(26)28-21(3,4)5)19-23-16-12-15(22)8-9-18(16)27-19/h8-9,12,14,17H,6-7,10-11,13H2,1-5H3/t14-,17+/m0/s1. The van der Waals surface area contributed by atoms with Gasteiger partial charge in [-0.2, -0.15) is 4.98 Å². The highest BCUT2D eigenvalue weighted by Crippen LogP contribution is 2.28. The molecule has 1 aliphatic rings. The van der Waals surface area contributed by atoms with Crippen LogP contribution in [0.2, 0.25) is 5.02 Å². The monoisotopic (exact) mass is 407 g/mol. The van der Waals surface area contributed by atoms with Gasteiger partial charge in [-0.15, -0.1) is 0 Å². The van der Waals surface area contributed by atoms with Crippen LogP contribution in [-0.4, -0.2) is 47.3 Å². The molecule has 1 aromatic heterocycles. The normalized spacial score (nSPS) is 19.6. The zero-order valence-electron chi connectivity index (χ0n) is 17.4. The molecule has 2 heterocycles. The Labute approximate surface area is 171 Å². The van der Waals surface area contributed by atoms with Crippen molar-refractivity contribution >= 4 is 34.8 Å². The first-order valence-corrected chi connectivity index (χ1v) is 10.4. The molecule has 1 aliphatic heterocycles. The summed E-state index contributed by atoms with van der Waals surface area (Å²) in [5, 5.41) is 0.636. The lowest BCUT2D eigenvalue weighted by Gasteiger charge is -2.36. The van der Waals surface area contributed by atoms with Gasteiger partial charge < -0.3 is 19.0 Å². The number of aromatic nitrogens is 1. The Balaban J connectivity index is 1.86. The van der Waals surface area contributed by atoms with E-state index in [1.165, 1.54) is 0 Å². The molecule has 154 valence electrons. The van der Waals surface area contributed by atoms with Gasteiger partial charge in [-0.3, -0.25) is 0 Å². The van der Waals surface area contributed by atoms with Gasteiger partial charge in [0.15, 0.2) is 5.58 Å². The number of halogens is 1. The Kier molecular flexibility index (Phi) is 6.08. The molecule has 1 aromatic carbocycles. The van der Waals surface area contributed by atoms with Crippen LogP contribution in [0.15, 0.2) is 22.6 Å². The highest BCUT2D eigenvalue weighted by atomic mass is 35.5. The van der Waals surface area contributed by atoms with E-state index in [1.807, 2.05) is 31.7 Å². The highest BCUT2D eigenvalue weighted by molar-refractivity contribution is 6.31. The predicted octanol–water partition coefficient (Wildman–Crippen LogP) is 5.34. The van der Waals surface area contributed by atoms with Crippen LogP contribution in [-0.2, 0) is 4.74 Å². The third kappa shape index (κ3) is 4.72. The van der Waals surface area contributed by atoms with Crippen LogP contribution < -0.4 is 4.90 Å². The summed E-state index contributed by atoms with van der Waals surface area (Å²) in [5.41, 5.74) is 0.950.